The van der Waals surface area contributed by atoms with Crippen molar-refractivity contribution in [3.8, 4) is 17.6 Å². The maximum absolute atomic E-state index is 12.5. The number of methoxy groups -OCH3 is 1. The van der Waals surface area contributed by atoms with Crippen molar-refractivity contribution in [1.82, 2.24) is 0 Å². The van der Waals surface area contributed by atoms with Crippen LogP contribution in [-0.2, 0) is 4.79 Å². The molecule has 0 heterocycles. The van der Waals surface area contributed by atoms with Crippen molar-refractivity contribution in [1.29, 1.82) is 5.26 Å². The van der Waals surface area contributed by atoms with Crippen molar-refractivity contribution in [3.05, 3.63) is 57.6 Å². The van der Waals surface area contributed by atoms with Crippen LogP contribution in [0.3, 0.4) is 0 Å². The number of hydrogen-bond donors (Lipinski definition) is 1. The standard InChI is InChI=1S/C20H18Cl2N2O3/c1-12(2)27-19-13(5-4-6-18(19)26-3)9-14(11-23)20(25)24-17-10-15(21)7-8-16(17)22/h4-10,12H,1-3H3,(H,24,25)/b14-9-. The molecule has 140 valence electrons. The first-order valence-electron chi connectivity index (χ1n) is 8.07. The Kier molecular flexibility index (Phi) is 7.12. The van der Waals surface area contributed by atoms with E-state index < -0.39 is 5.91 Å². The van der Waals surface area contributed by atoms with Crippen molar-refractivity contribution < 1.29 is 14.3 Å². The lowest BCUT2D eigenvalue weighted by Gasteiger charge is -2.16. The number of nitriles is 1. The van der Waals surface area contributed by atoms with Crippen LogP contribution in [0.4, 0.5) is 5.69 Å². The molecule has 1 amide bonds. The summed E-state index contributed by atoms with van der Waals surface area (Å²) < 4.78 is 11.1. The Morgan fingerprint density at radius 1 is 1.26 bits per heavy atom. The third kappa shape index (κ3) is 5.40. The van der Waals surface area contributed by atoms with Crippen molar-refractivity contribution in [3.63, 3.8) is 0 Å². The first-order chi connectivity index (χ1) is 12.8. The van der Waals surface area contributed by atoms with E-state index in [4.69, 9.17) is 32.7 Å². The van der Waals surface area contributed by atoms with E-state index in [0.29, 0.717) is 32.8 Å². The van der Waals surface area contributed by atoms with E-state index in [9.17, 15) is 10.1 Å². The van der Waals surface area contributed by atoms with E-state index in [1.807, 2.05) is 19.9 Å². The lowest BCUT2D eigenvalue weighted by molar-refractivity contribution is -0.112. The van der Waals surface area contributed by atoms with Crippen LogP contribution in [0.15, 0.2) is 42.0 Å². The van der Waals surface area contributed by atoms with Gasteiger partial charge in [-0.2, -0.15) is 5.26 Å². The zero-order valence-corrected chi connectivity index (χ0v) is 16.6. The number of rotatable bonds is 6. The average molecular weight is 405 g/mol. The molecule has 0 spiro atoms. The highest BCUT2D eigenvalue weighted by Crippen LogP contribution is 2.33. The first-order valence-corrected chi connectivity index (χ1v) is 8.83. The fraction of sp³-hybridized carbons (Fsp3) is 0.200. The molecule has 0 fully saturated rings. The molecule has 0 saturated heterocycles. The van der Waals surface area contributed by atoms with E-state index in [1.165, 1.54) is 19.3 Å². The third-order valence-corrected chi connectivity index (χ3v) is 3.99. The molecule has 0 aliphatic heterocycles. The molecule has 0 saturated carbocycles. The van der Waals surface area contributed by atoms with Crippen LogP contribution in [0, 0.1) is 11.3 Å². The number of carbonyl (C=O) groups is 1. The van der Waals surface area contributed by atoms with E-state index in [1.54, 1.807) is 30.3 Å². The summed E-state index contributed by atoms with van der Waals surface area (Å²) in [5, 5.41) is 12.8. The Morgan fingerprint density at radius 3 is 2.63 bits per heavy atom. The molecule has 5 nitrogen and oxygen atoms in total. The second kappa shape index (κ2) is 9.31. The van der Waals surface area contributed by atoms with Crippen LogP contribution in [0.2, 0.25) is 10.0 Å². The Hall–Kier alpha value is -2.68. The van der Waals surface area contributed by atoms with Gasteiger partial charge in [-0.1, -0.05) is 35.3 Å². The highest BCUT2D eigenvalue weighted by molar-refractivity contribution is 6.36. The van der Waals surface area contributed by atoms with E-state index in [0.717, 1.165) is 0 Å². The van der Waals surface area contributed by atoms with E-state index in [2.05, 4.69) is 5.32 Å². The maximum atomic E-state index is 12.5. The number of hydrogen-bond acceptors (Lipinski definition) is 4. The normalized spacial score (nSPS) is 11.1. The van der Waals surface area contributed by atoms with Crippen LogP contribution in [0.25, 0.3) is 6.08 Å². The van der Waals surface area contributed by atoms with Gasteiger partial charge in [0.25, 0.3) is 5.91 Å². The smallest absolute Gasteiger partial charge is 0.266 e. The number of ether oxygens (including phenoxy) is 2. The van der Waals surface area contributed by atoms with Gasteiger partial charge in [-0.3, -0.25) is 4.79 Å². The predicted molar refractivity (Wildman–Crippen MR) is 107 cm³/mol. The lowest BCUT2D eigenvalue weighted by atomic mass is 10.1. The minimum absolute atomic E-state index is 0.113. The molecule has 2 aromatic carbocycles. The molecule has 0 radical (unpaired) electrons. The second-order valence-corrected chi connectivity index (χ2v) is 6.64. The minimum atomic E-state index is -0.611. The highest BCUT2D eigenvalue weighted by Gasteiger charge is 2.16. The first kappa shape index (κ1) is 20.6. The summed E-state index contributed by atoms with van der Waals surface area (Å²) in [6.07, 6.45) is 1.33. The largest absolute Gasteiger partial charge is 0.493 e. The van der Waals surface area contributed by atoms with Gasteiger partial charge >= 0.3 is 0 Å². The number of carbonyl (C=O) groups excluding carboxylic acids is 1. The number of amides is 1. The summed E-state index contributed by atoms with van der Waals surface area (Å²) in [5.74, 6) is 0.351. The van der Waals surface area contributed by atoms with Crippen LogP contribution in [0.5, 0.6) is 11.5 Å². The summed E-state index contributed by atoms with van der Waals surface area (Å²) >= 11 is 12.0. The highest BCUT2D eigenvalue weighted by atomic mass is 35.5. The van der Waals surface area contributed by atoms with Gasteiger partial charge in [0, 0.05) is 10.6 Å². The Bertz CT molecular complexity index is 918. The van der Waals surface area contributed by atoms with Crippen molar-refractivity contribution in [2.45, 2.75) is 20.0 Å². The molecule has 2 rings (SSSR count). The Balaban J connectivity index is 2.39. The molecular weight excluding hydrogens is 387 g/mol. The van der Waals surface area contributed by atoms with Crippen LogP contribution < -0.4 is 14.8 Å². The average Bonchev–Trinajstić information content (AvgIpc) is 2.63. The number of benzene rings is 2. The molecule has 27 heavy (non-hydrogen) atoms. The molecule has 0 aliphatic carbocycles. The van der Waals surface area contributed by atoms with Crippen molar-refractivity contribution in [2.75, 3.05) is 12.4 Å². The molecule has 2 aromatic rings. The molecule has 1 N–H and O–H groups in total. The van der Waals surface area contributed by atoms with Crippen LogP contribution >= 0.6 is 23.2 Å². The quantitative estimate of drug-likeness (QED) is 0.521. The van der Waals surface area contributed by atoms with Gasteiger partial charge in [-0.05, 0) is 44.2 Å². The van der Waals surface area contributed by atoms with Gasteiger partial charge in [0.05, 0.1) is 23.9 Å². The minimum Gasteiger partial charge on any atom is -0.493 e. The molecule has 0 aromatic heterocycles. The number of nitrogens with one attached hydrogen (secondary N) is 1. The molecule has 7 heteroatoms. The maximum Gasteiger partial charge on any atom is 0.266 e. The summed E-state index contributed by atoms with van der Waals surface area (Å²) in [6.45, 7) is 3.75. The van der Waals surface area contributed by atoms with Crippen molar-refractivity contribution >= 4 is 40.9 Å². The van der Waals surface area contributed by atoms with Crippen LogP contribution in [-0.4, -0.2) is 19.1 Å². The summed E-state index contributed by atoms with van der Waals surface area (Å²) in [5.41, 5.74) is 0.749. The topological polar surface area (TPSA) is 71.3 Å². The number of nitrogens with zero attached hydrogens (tertiary/aromatic N) is 1. The third-order valence-electron chi connectivity index (χ3n) is 3.42. The van der Waals surface area contributed by atoms with Gasteiger partial charge < -0.3 is 14.8 Å². The second-order valence-electron chi connectivity index (χ2n) is 5.79. The van der Waals surface area contributed by atoms with Gasteiger partial charge in [-0.15, -0.1) is 0 Å². The van der Waals surface area contributed by atoms with Gasteiger partial charge in [0.1, 0.15) is 11.6 Å². The fourth-order valence-electron chi connectivity index (χ4n) is 2.26. The van der Waals surface area contributed by atoms with Gasteiger partial charge in [0.2, 0.25) is 0 Å². The molecule has 0 unspecified atom stereocenters. The van der Waals surface area contributed by atoms with Gasteiger partial charge in [-0.25, -0.2) is 0 Å². The Labute approximate surface area is 168 Å². The fourth-order valence-corrected chi connectivity index (χ4v) is 2.59. The Morgan fingerprint density at radius 2 is 2.00 bits per heavy atom. The number of halogens is 2. The SMILES string of the molecule is COc1cccc(/C=C(/C#N)C(=O)Nc2cc(Cl)ccc2Cl)c1OC(C)C. The summed E-state index contributed by atoms with van der Waals surface area (Å²) in [6, 6.07) is 11.8. The van der Waals surface area contributed by atoms with Crippen LogP contribution in [0.1, 0.15) is 19.4 Å². The summed E-state index contributed by atoms with van der Waals surface area (Å²) in [4.78, 5) is 12.5. The van der Waals surface area contributed by atoms with E-state index in [-0.39, 0.29) is 11.7 Å². The predicted octanol–water partition coefficient (Wildman–Crippen LogP) is 5.33. The molecular formula is C20H18Cl2N2O3. The van der Waals surface area contributed by atoms with E-state index >= 15 is 0 Å². The lowest BCUT2D eigenvalue weighted by Crippen LogP contribution is -2.14. The zero-order valence-electron chi connectivity index (χ0n) is 15.0. The number of anilines is 1. The molecule has 0 aliphatic rings. The molecule has 0 atom stereocenters. The zero-order chi connectivity index (χ0) is 20.0. The number of para-hydroxylation sites is 1. The van der Waals surface area contributed by atoms with Crippen molar-refractivity contribution in [2.24, 2.45) is 0 Å². The van der Waals surface area contributed by atoms with Gasteiger partial charge in [0.15, 0.2) is 11.5 Å². The molecule has 0 bridgehead atoms. The summed E-state index contributed by atoms with van der Waals surface area (Å²) in [7, 11) is 1.52. The monoisotopic (exact) mass is 404 g/mol.